The van der Waals surface area contributed by atoms with Crippen molar-refractivity contribution in [3.63, 3.8) is 0 Å². The Bertz CT molecular complexity index is 338. The summed E-state index contributed by atoms with van der Waals surface area (Å²) in [6.07, 6.45) is 0. The molecule has 0 aromatic heterocycles. The number of carbonyl (C=O) groups is 1. The Morgan fingerprint density at radius 2 is 2.14 bits per heavy atom. The van der Waals surface area contributed by atoms with Gasteiger partial charge in [0, 0.05) is 5.56 Å². The van der Waals surface area contributed by atoms with E-state index in [9.17, 15) is 4.79 Å². The molecule has 0 N–H and O–H groups in total. The van der Waals surface area contributed by atoms with Crippen LogP contribution in [0.1, 0.15) is 15.9 Å². The van der Waals surface area contributed by atoms with Gasteiger partial charge in [-0.3, -0.25) is 4.79 Å². The van der Waals surface area contributed by atoms with E-state index >= 15 is 0 Å². The summed E-state index contributed by atoms with van der Waals surface area (Å²) in [6, 6.07) is 3.29. The van der Waals surface area contributed by atoms with Crippen LogP contribution in [0.5, 0.6) is 5.75 Å². The lowest BCUT2D eigenvalue weighted by Gasteiger charge is -2.08. The smallest absolute Gasteiger partial charge is 0.177 e. The number of Topliss-reactive ketones (excluding diaryl/α,β-unsaturated/α-hetero) is 1. The molecule has 1 rings (SSSR count). The molecule has 0 spiro atoms. The summed E-state index contributed by atoms with van der Waals surface area (Å²) < 4.78 is 5.07. The summed E-state index contributed by atoms with van der Waals surface area (Å²) >= 11 is 11.4. The van der Waals surface area contributed by atoms with Crippen molar-refractivity contribution >= 4 is 29.0 Å². The van der Waals surface area contributed by atoms with Gasteiger partial charge in [0.2, 0.25) is 0 Å². The minimum absolute atomic E-state index is 0.0396. The summed E-state index contributed by atoms with van der Waals surface area (Å²) in [5.41, 5.74) is 1.34. The Morgan fingerprint density at radius 1 is 1.50 bits per heavy atom. The van der Waals surface area contributed by atoms with E-state index in [2.05, 4.69) is 0 Å². The zero-order chi connectivity index (χ0) is 10.7. The van der Waals surface area contributed by atoms with Gasteiger partial charge in [0.1, 0.15) is 5.75 Å². The molecule has 0 saturated carbocycles. The van der Waals surface area contributed by atoms with Crippen LogP contribution in [-0.4, -0.2) is 18.8 Å². The van der Waals surface area contributed by atoms with Gasteiger partial charge in [-0.25, -0.2) is 0 Å². The molecular formula is C10H10Cl2O2. The summed E-state index contributed by atoms with van der Waals surface area (Å²) in [4.78, 5) is 11.3. The highest BCUT2D eigenvalue weighted by Gasteiger charge is 2.11. The summed E-state index contributed by atoms with van der Waals surface area (Å²) in [5, 5.41) is 0.431. The van der Waals surface area contributed by atoms with Crippen molar-refractivity contribution < 1.29 is 9.53 Å². The molecule has 0 aliphatic carbocycles. The van der Waals surface area contributed by atoms with Gasteiger partial charge in [-0.15, -0.1) is 11.6 Å². The molecule has 0 heterocycles. The molecule has 0 fully saturated rings. The first-order chi connectivity index (χ1) is 6.60. The van der Waals surface area contributed by atoms with E-state index in [0.717, 1.165) is 5.56 Å². The third-order valence-corrected chi connectivity index (χ3v) is 2.40. The van der Waals surface area contributed by atoms with Gasteiger partial charge in [0.25, 0.3) is 0 Å². The first-order valence-electron chi connectivity index (χ1n) is 4.03. The summed E-state index contributed by atoms with van der Waals surface area (Å²) in [6.45, 7) is 1.83. The predicted octanol–water partition coefficient (Wildman–Crippen LogP) is 3.08. The number of hydrogen-bond acceptors (Lipinski definition) is 2. The van der Waals surface area contributed by atoms with Crippen molar-refractivity contribution in [3.8, 4) is 5.75 Å². The van der Waals surface area contributed by atoms with Crippen molar-refractivity contribution in [1.29, 1.82) is 0 Å². The van der Waals surface area contributed by atoms with Crippen LogP contribution in [0.15, 0.2) is 12.1 Å². The van der Waals surface area contributed by atoms with Crippen LogP contribution in [0.4, 0.5) is 0 Å². The Kier molecular flexibility index (Phi) is 3.78. The fraction of sp³-hybridized carbons (Fsp3) is 0.300. The van der Waals surface area contributed by atoms with E-state index < -0.39 is 0 Å². The Balaban J connectivity index is 3.20. The van der Waals surface area contributed by atoms with Crippen molar-refractivity contribution in [2.45, 2.75) is 6.92 Å². The highest BCUT2D eigenvalue weighted by Crippen LogP contribution is 2.29. The number of aryl methyl sites for hydroxylation is 1. The van der Waals surface area contributed by atoms with Gasteiger partial charge in [-0.05, 0) is 24.6 Å². The van der Waals surface area contributed by atoms with E-state index in [0.29, 0.717) is 16.3 Å². The summed E-state index contributed by atoms with van der Waals surface area (Å²) in [5.74, 6) is 0.416. The molecule has 0 radical (unpaired) electrons. The monoisotopic (exact) mass is 232 g/mol. The van der Waals surface area contributed by atoms with Gasteiger partial charge in [0.05, 0.1) is 18.0 Å². The highest BCUT2D eigenvalue weighted by molar-refractivity contribution is 6.33. The van der Waals surface area contributed by atoms with Crippen molar-refractivity contribution in [2.24, 2.45) is 0 Å². The highest BCUT2D eigenvalue weighted by atomic mass is 35.5. The molecule has 0 amide bonds. The number of alkyl halides is 1. The molecule has 0 unspecified atom stereocenters. The third kappa shape index (κ3) is 2.20. The van der Waals surface area contributed by atoms with Crippen LogP contribution < -0.4 is 4.74 Å². The van der Waals surface area contributed by atoms with Crippen molar-refractivity contribution in [2.75, 3.05) is 13.0 Å². The second-order valence-corrected chi connectivity index (χ2v) is 3.54. The molecule has 0 aliphatic rings. The first kappa shape index (κ1) is 11.3. The Labute approximate surface area is 92.8 Å². The van der Waals surface area contributed by atoms with Crippen molar-refractivity contribution in [1.82, 2.24) is 0 Å². The standard InChI is InChI=1S/C10H10Cl2O2/c1-6-3-7(9(13)5-11)4-8(12)10(6)14-2/h3-4H,5H2,1-2H3. The van der Waals surface area contributed by atoms with Gasteiger partial charge >= 0.3 is 0 Å². The molecular weight excluding hydrogens is 223 g/mol. The zero-order valence-electron chi connectivity index (χ0n) is 7.93. The number of rotatable bonds is 3. The topological polar surface area (TPSA) is 26.3 Å². The predicted molar refractivity (Wildman–Crippen MR) is 57.8 cm³/mol. The Morgan fingerprint density at radius 3 is 2.57 bits per heavy atom. The number of carbonyl (C=O) groups excluding carboxylic acids is 1. The van der Waals surface area contributed by atoms with Crippen molar-refractivity contribution in [3.05, 3.63) is 28.3 Å². The molecule has 0 atom stereocenters. The summed E-state index contributed by atoms with van der Waals surface area (Å²) in [7, 11) is 1.54. The lowest BCUT2D eigenvalue weighted by atomic mass is 10.1. The first-order valence-corrected chi connectivity index (χ1v) is 4.94. The number of methoxy groups -OCH3 is 1. The minimum Gasteiger partial charge on any atom is -0.495 e. The van der Waals surface area contributed by atoms with Gasteiger partial charge in [-0.2, -0.15) is 0 Å². The average Bonchev–Trinajstić information content (AvgIpc) is 2.16. The molecule has 0 aliphatic heterocycles. The van der Waals surface area contributed by atoms with E-state index in [1.807, 2.05) is 6.92 Å². The van der Waals surface area contributed by atoms with Gasteiger partial charge in [0.15, 0.2) is 5.78 Å². The maximum Gasteiger partial charge on any atom is 0.177 e. The lowest BCUT2D eigenvalue weighted by Crippen LogP contribution is -2.01. The van der Waals surface area contributed by atoms with E-state index in [4.69, 9.17) is 27.9 Å². The second kappa shape index (κ2) is 4.67. The van der Waals surface area contributed by atoms with Crippen LogP contribution in [0, 0.1) is 6.92 Å². The molecule has 1 aromatic carbocycles. The lowest BCUT2D eigenvalue weighted by molar-refractivity contribution is 0.102. The van der Waals surface area contributed by atoms with Crippen LogP contribution in [-0.2, 0) is 0 Å². The van der Waals surface area contributed by atoms with E-state index in [1.54, 1.807) is 12.1 Å². The largest absolute Gasteiger partial charge is 0.495 e. The number of halogens is 2. The second-order valence-electron chi connectivity index (χ2n) is 2.87. The van der Waals surface area contributed by atoms with Crippen LogP contribution in [0.3, 0.4) is 0 Å². The van der Waals surface area contributed by atoms with Gasteiger partial charge < -0.3 is 4.74 Å². The zero-order valence-corrected chi connectivity index (χ0v) is 9.45. The van der Waals surface area contributed by atoms with Crippen LogP contribution >= 0.6 is 23.2 Å². The Hall–Kier alpha value is -0.730. The van der Waals surface area contributed by atoms with Crippen LogP contribution in [0.25, 0.3) is 0 Å². The fourth-order valence-corrected chi connectivity index (χ4v) is 1.73. The molecule has 14 heavy (non-hydrogen) atoms. The third-order valence-electron chi connectivity index (χ3n) is 1.88. The SMILES string of the molecule is COc1c(C)cc(C(=O)CCl)cc1Cl. The maximum atomic E-state index is 11.3. The van der Waals surface area contributed by atoms with E-state index in [1.165, 1.54) is 7.11 Å². The molecule has 4 heteroatoms. The molecule has 0 bridgehead atoms. The quantitative estimate of drug-likeness (QED) is 0.592. The number of benzene rings is 1. The fourth-order valence-electron chi connectivity index (χ4n) is 1.23. The molecule has 1 aromatic rings. The number of hydrogen-bond donors (Lipinski definition) is 0. The van der Waals surface area contributed by atoms with Gasteiger partial charge in [-0.1, -0.05) is 11.6 Å². The maximum absolute atomic E-state index is 11.3. The van der Waals surface area contributed by atoms with Crippen LogP contribution in [0.2, 0.25) is 5.02 Å². The molecule has 76 valence electrons. The van der Waals surface area contributed by atoms with E-state index in [-0.39, 0.29) is 11.7 Å². The minimum atomic E-state index is -0.140. The number of ether oxygens (including phenoxy) is 1. The molecule has 2 nitrogen and oxygen atoms in total. The average molecular weight is 233 g/mol. The normalized spacial score (nSPS) is 10.0. The molecule has 0 saturated heterocycles. The number of ketones is 1.